The highest BCUT2D eigenvalue weighted by Gasteiger charge is 2.44. The molecule has 0 aromatic carbocycles. The number of rotatable bonds is 2. The normalized spacial score (nSPS) is 18.4. The summed E-state index contributed by atoms with van der Waals surface area (Å²) in [4.78, 5) is 8.38. The maximum atomic E-state index is 6.04. The number of methoxy groups -OCH3 is 1. The third-order valence-electron chi connectivity index (χ3n) is 2.36. The summed E-state index contributed by atoms with van der Waals surface area (Å²) in [5, 5.41) is 0. The minimum atomic E-state index is -0.251. The highest BCUT2D eigenvalue weighted by atomic mass is 16.5. The van der Waals surface area contributed by atoms with Crippen LogP contribution in [-0.2, 0) is 5.54 Å². The zero-order valence-electron chi connectivity index (χ0n) is 7.87. The number of nitrogens with two attached hydrogens (primary N) is 1. The van der Waals surface area contributed by atoms with E-state index >= 15 is 0 Å². The minimum absolute atomic E-state index is 0.251. The van der Waals surface area contributed by atoms with E-state index in [1.54, 1.807) is 13.3 Å². The molecule has 1 aromatic heterocycles. The summed E-state index contributed by atoms with van der Waals surface area (Å²) in [7, 11) is 1.61. The molecular formula is C9H13N3O. The maximum Gasteiger partial charge on any atom is 0.160 e. The first-order chi connectivity index (χ1) is 6.15. The molecule has 0 bridgehead atoms. The highest BCUT2D eigenvalue weighted by Crippen LogP contribution is 2.44. The molecule has 0 saturated heterocycles. The SMILES string of the molecule is COc1cnc(C)nc1C1(N)CC1. The summed E-state index contributed by atoms with van der Waals surface area (Å²) in [6.45, 7) is 1.86. The van der Waals surface area contributed by atoms with Gasteiger partial charge < -0.3 is 10.5 Å². The second-order valence-electron chi connectivity index (χ2n) is 3.49. The Morgan fingerprint density at radius 2 is 2.23 bits per heavy atom. The van der Waals surface area contributed by atoms with Crippen LogP contribution in [-0.4, -0.2) is 17.1 Å². The fraction of sp³-hybridized carbons (Fsp3) is 0.556. The first kappa shape index (κ1) is 8.44. The maximum absolute atomic E-state index is 6.04. The van der Waals surface area contributed by atoms with Gasteiger partial charge in [-0.25, -0.2) is 9.97 Å². The molecule has 0 radical (unpaired) electrons. The van der Waals surface area contributed by atoms with Crippen molar-refractivity contribution >= 4 is 0 Å². The van der Waals surface area contributed by atoms with Crippen molar-refractivity contribution in [3.8, 4) is 5.75 Å². The number of ether oxygens (including phenoxy) is 1. The Hall–Kier alpha value is -1.16. The minimum Gasteiger partial charge on any atom is -0.493 e. The van der Waals surface area contributed by atoms with Gasteiger partial charge >= 0.3 is 0 Å². The topological polar surface area (TPSA) is 61.0 Å². The number of aromatic nitrogens is 2. The van der Waals surface area contributed by atoms with Crippen molar-refractivity contribution in [2.24, 2.45) is 5.73 Å². The van der Waals surface area contributed by atoms with Crippen molar-refractivity contribution < 1.29 is 4.74 Å². The number of nitrogens with zero attached hydrogens (tertiary/aromatic N) is 2. The largest absolute Gasteiger partial charge is 0.493 e. The summed E-state index contributed by atoms with van der Waals surface area (Å²) in [6, 6.07) is 0. The summed E-state index contributed by atoms with van der Waals surface area (Å²) in [5.41, 5.74) is 6.64. The van der Waals surface area contributed by atoms with Gasteiger partial charge in [-0.2, -0.15) is 0 Å². The molecule has 1 aromatic rings. The van der Waals surface area contributed by atoms with Gasteiger partial charge in [0.25, 0.3) is 0 Å². The molecule has 0 unspecified atom stereocenters. The predicted octanol–water partition coefficient (Wildman–Crippen LogP) is 0.741. The Balaban J connectivity index is 2.47. The van der Waals surface area contributed by atoms with Crippen molar-refractivity contribution in [1.29, 1.82) is 0 Å². The second kappa shape index (κ2) is 2.67. The van der Waals surface area contributed by atoms with E-state index in [-0.39, 0.29) is 5.54 Å². The van der Waals surface area contributed by atoms with Crippen molar-refractivity contribution in [3.63, 3.8) is 0 Å². The van der Waals surface area contributed by atoms with E-state index < -0.39 is 0 Å². The molecule has 1 saturated carbocycles. The second-order valence-corrected chi connectivity index (χ2v) is 3.49. The molecule has 4 heteroatoms. The lowest BCUT2D eigenvalue weighted by atomic mass is 10.2. The van der Waals surface area contributed by atoms with Gasteiger partial charge in [0.05, 0.1) is 18.8 Å². The number of hydrogen-bond donors (Lipinski definition) is 1. The van der Waals surface area contributed by atoms with Gasteiger partial charge in [-0.05, 0) is 19.8 Å². The van der Waals surface area contributed by atoms with Crippen molar-refractivity contribution in [2.75, 3.05) is 7.11 Å². The third kappa shape index (κ3) is 1.37. The van der Waals surface area contributed by atoms with Crippen LogP contribution in [0, 0.1) is 6.92 Å². The fourth-order valence-corrected chi connectivity index (χ4v) is 1.34. The first-order valence-electron chi connectivity index (χ1n) is 4.33. The Kier molecular flexibility index (Phi) is 1.73. The lowest BCUT2D eigenvalue weighted by Crippen LogP contribution is -2.22. The average Bonchev–Trinajstić information content (AvgIpc) is 2.85. The fourth-order valence-electron chi connectivity index (χ4n) is 1.34. The van der Waals surface area contributed by atoms with Crippen LogP contribution in [0.1, 0.15) is 24.4 Å². The smallest absolute Gasteiger partial charge is 0.160 e. The zero-order valence-corrected chi connectivity index (χ0v) is 7.87. The summed E-state index contributed by atoms with van der Waals surface area (Å²) in [6.07, 6.45) is 3.66. The molecule has 0 spiro atoms. The van der Waals surface area contributed by atoms with Crippen molar-refractivity contribution in [3.05, 3.63) is 17.7 Å². The van der Waals surface area contributed by atoms with Gasteiger partial charge in [0, 0.05) is 0 Å². The summed E-state index contributed by atoms with van der Waals surface area (Å²) < 4.78 is 5.16. The van der Waals surface area contributed by atoms with Gasteiger partial charge in [-0.3, -0.25) is 0 Å². The van der Waals surface area contributed by atoms with Crippen LogP contribution in [0.15, 0.2) is 6.20 Å². The molecule has 70 valence electrons. The zero-order chi connectivity index (χ0) is 9.47. The summed E-state index contributed by atoms with van der Waals surface area (Å²) >= 11 is 0. The van der Waals surface area contributed by atoms with Crippen LogP contribution in [0.25, 0.3) is 0 Å². The monoisotopic (exact) mass is 179 g/mol. The molecule has 0 atom stereocenters. The molecule has 1 aliphatic carbocycles. The van der Waals surface area contributed by atoms with Crippen LogP contribution >= 0.6 is 0 Å². The molecule has 4 nitrogen and oxygen atoms in total. The van der Waals surface area contributed by atoms with E-state index in [1.807, 2.05) is 6.92 Å². The molecule has 13 heavy (non-hydrogen) atoms. The van der Waals surface area contributed by atoms with E-state index in [2.05, 4.69) is 9.97 Å². The Morgan fingerprint density at radius 1 is 1.54 bits per heavy atom. The Labute approximate surface area is 77.1 Å². The molecule has 0 amide bonds. The first-order valence-corrected chi connectivity index (χ1v) is 4.33. The molecular weight excluding hydrogens is 166 g/mol. The van der Waals surface area contributed by atoms with Gasteiger partial charge in [-0.1, -0.05) is 0 Å². The van der Waals surface area contributed by atoms with Crippen LogP contribution in [0.2, 0.25) is 0 Å². The average molecular weight is 179 g/mol. The van der Waals surface area contributed by atoms with Crippen LogP contribution in [0.4, 0.5) is 0 Å². The van der Waals surface area contributed by atoms with Crippen LogP contribution in [0.3, 0.4) is 0 Å². The summed E-state index contributed by atoms with van der Waals surface area (Å²) in [5.74, 6) is 1.44. The molecule has 0 aliphatic heterocycles. The lowest BCUT2D eigenvalue weighted by Gasteiger charge is -2.12. The van der Waals surface area contributed by atoms with Crippen molar-refractivity contribution in [1.82, 2.24) is 9.97 Å². The highest BCUT2D eigenvalue weighted by molar-refractivity contribution is 5.35. The van der Waals surface area contributed by atoms with Crippen LogP contribution < -0.4 is 10.5 Å². The lowest BCUT2D eigenvalue weighted by molar-refractivity contribution is 0.397. The van der Waals surface area contributed by atoms with Gasteiger partial charge in [0.1, 0.15) is 11.5 Å². The molecule has 2 rings (SSSR count). The van der Waals surface area contributed by atoms with Crippen molar-refractivity contribution in [2.45, 2.75) is 25.3 Å². The Bertz CT molecular complexity index is 334. The molecule has 1 heterocycles. The van der Waals surface area contributed by atoms with E-state index in [0.29, 0.717) is 5.75 Å². The van der Waals surface area contributed by atoms with Gasteiger partial charge in [-0.15, -0.1) is 0 Å². The standard InChI is InChI=1S/C9H13N3O/c1-6-11-5-7(13-2)8(12-6)9(10)3-4-9/h5H,3-4,10H2,1-2H3. The third-order valence-corrected chi connectivity index (χ3v) is 2.36. The van der Waals surface area contributed by atoms with E-state index in [0.717, 1.165) is 24.4 Å². The Morgan fingerprint density at radius 3 is 2.77 bits per heavy atom. The van der Waals surface area contributed by atoms with E-state index in [1.165, 1.54) is 0 Å². The van der Waals surface area contributed by atoms with Gasteiger partial charge in [0.15, 0.2) is 5.75 Å². The molecule has 2 N–H and O–H groups in total. The molecule has 1 aliphatic rings. The van der Waals surface area contributed by atoms with Gasteiger partial charge in [0.2, 0.25) is 0 Å². The van der Waals surface area contributed by atoms with E-state index in [4.69, 9.17) is 10.5 Å². The van der Waals surface area contributed by atoms with Crippen LogP contribution in [0.5, 0.6) is 5.75 Å². The predicted molar refractivity (Wildman–Crippen MR) is 48.4 cm³/mol. The number of aryl methyl sites for hydroxylation is 1. The molecule has 1 fully saturated rings. The quantitative estimate of drug-likeness (QED) is 0.727. The number of hydrogen-bond acceptors (Lipinski definition) is 4. The van der Waals surface area contributed by atoms with E-state index in [9.17, 15) is 0 Å².